The first-order valence-corrected chi connectivity index (χ1v) is 12.2. The van der Waals surface area contributed by atoms with E-state index in [4.69, 9.17) is 0 Å². The van der Waals surface area contributed by atoms with Crippen LogP contribution >= 0.6 is 0 Å². The first kappa shape index (κ1) is 30.0. The zero-order valence-corrected chi connectivity index (χ0v) is 21.5. The second-order valence-corrected chi connectivity index (χ2v) is 9.31. The third-order valence-corrected chi connectivity index (χ3v) is 6.60. The lowest BCUT2D eigenvalue weighted by Crippen LogP contribution is -2.27. The highest BCUT2D eigenvalue weighted by molar-refractivity contribution is 5.50. The van der Waals surface area contributed by atoms with Crippen molar-refractivity contribution in [2.45, 2.75) is 18.3 Å². The topological polar surface area (TPSA) is 119 Å². The summed E-state index contributed by atoms with van der Waals surface area (Å²) in [5, 5.41) is 14.8. The van der Waals surface area contributed by atoms with E-state index in [1.807, 2.05) is 0 Å². The Morgan fingerprint density at radius 2 is 1.00 bits per heavy atom. The molecule has 5 aromatic rings. The predicted octanol–water partition coefficient (Wildman–Crippen LogP) is 6.05. The summed E-state index contributed by atoms with van der Waals surface area (Å²) in [4.78, 5) is 37.6. The maximum atomic E-state index is 14.4. The van der Waals surface area contributed by atoms with Crippen molar-refractivity contribution < 1.29 is 40.0 Å². The predicted molar refractivity (Wildman–Crippen MR) is 137 cm³/mol. The number of aromatic amines is 2. The van der Waals surface area contributed by atoms with Crippen molar-refractivity contribution in [3.05, 3.63) is 143 Å². The Kier molecular flexibility index (Phi) is 7.27. The fourth-order valence-corrected chi connectivity index (χ4v) is 4.68. The highest BCUT2D eigenvalue weighted by atomic mass is 19.4. The van der Waals surface area contributed by atoms with E-state index >= 15 is 0 Å². The monoisotopic (exact) mass is 625 g/mol. The van der Waals surface area contributed by atoms with Gasteiger partial charge in [0.15, 0.2) is 0 Å². The van der Waals surface area contributed by atoms with Gasteiger partial charge >= 0.3 is 12.4 Å². The van der Waals surface area contributed by atoms with E-state index in [1.165, 1.54) is 0 Å². The van der Waals surface area contributed by atoms with E-state index in [2.05, 4.69) is 0 Å². The summed E-state index contributed by atoms with van der Waals surface area (Å²) < 4.78 is 114. The van der Waals surface area contributed by atoms with Gasteiger partial charge in [-0.15, -0.1) is 0 Å². The fourth-order valence-electron chi connectivity index (χ4n) is 4.68. The van der Waals surface area contributed by atoms with E-state index < -0.39 is 79.7 Å². The van der Waals surface area contributed by atoms with Crippen LogP contribution in [0, 0.1) is 21.7 Å². The second-order valence-electron chi connectivity index (χ2n) is 9.31. The number of nitrogens with zero attached hydrogens (tertiary/aromatic N) is 3. The van der Waals surface area contributed by atoms with E-state index in [0.717, 1.165) is 72.8 Å². The van der Waals surface area contributed by atoms with Gasteiger partial charge in [-0.3, -0.25) is 29.9 Å². The van der Waals surface area contributed by atoms with Gasteiger partial charge in [0.2, 0.25) is 0 Å². The Bertz CT molecular complexity index is 1850. The molecule has 5 rings (SSSR count). The van der Waals surface area contributed by atoms with E-state index in [9.17, 15) is 54.8 Å². The molecule has 2 heterocycles. The number of halogens is 8. The molecule has 0 bridgehead atoms. The Morgan fingerprint density at radius 1 is 0.636 bits per heavy atom. The van der Waals surface area contributed by atoms with Crippen molar-refractivity contribution >= 4 is 5.69 Å². The number of H-pyrrole nitrogens is 2. The van der Waals surface area contributed by atoms with Crippen molar-refractivity contribution in [1.29, 1.82) is 0 Å². The lowest BCUT2D eigenvalue weighted by atomic mass is 9.84. The van der Waals surface area contributed by atoms with Crippen LogP contribution in [-0.2, 0) is 12.4 Å². The molecule has 0 radical (unpaired) electrons. The third-order valence-electron chi connectivity index (χ3n) is 6.60. The van der Waals surface area contributed by atoms with Gasteiger partial charge in [-0.05, 0) is 54.1 Å². The van der Waals surface area contributed by atoms with Crippen LogP contribution in [0.25, 0.3) is 11.4 Å². The molecule has 0 fully saturated rings. The van der Waals surface area contributed by atoms with E-state index in [-0.39, 0.29) is 11.4 Å². The lowest BCUT2D eigenvalue weighted by molar-refractivity contribution is -0.384. The van der Waals surface area contributed by atoms with E-state index in [1.54, 1.807) is 10.2 Å². The molecule has 0 amide bonds. The van der Waals surface area contributed by atoms with Crippen molar-refractivity contribution in [2.75, 3.05) is 0 Å². The number of nitrogens with one attached hydrogen (secondary N) is 2. The zero-order valence-electron chi connectivity index (χ0n) is 21.5. The minimum atomic E-state index is -5.41. The van der Waals surface area contributed by atoms with Gasteiger partial charge in [-0.2, -0.15) is 26.3 Å². The molecule has 9 nitrogen and oxygen atoms in total. The molecule has 0 atom stereocenters. The Hall–Kier alpha value is -5.48. The summed E-state index contributed by atoms with van der Waals surface area (Å²) in [5.74, 6) is -4.03. The summed E-state index contributed by atoms with van der Waals surface area (Å²) >= 11 is 0. The summed E-state index contributed by atoms with van der Waals surface area (Å²) in [7, 11) is 0. The molecular formula is C27H15F8N5O4. The molecule has 0 aliphatic rings. The summed E-state index contributed by atoms with van der Waals surface area (Å²) in [6, 6.07) is 10.2. The number of benzene rings is 3. The summed E-state index contributed by atoms with van der Waals surface area (Å²) in [6.45, 7) is 0. The highest BCUT2D eigenvalue weighted by Crippen LogP contribution is 2.42. The SMILES string of the molecule is O=c1c(C(c2ccc([N+](=O)[O-])cc2)c2c(C(F)(F)F)[nH]n(-c3ccc(F)cc3)c2=O)c(C(F)(F)F)[nH]n1-c1ccc(F)cc1. The Morgan fingerprint density at radius 3 is 1.32 bits per heavy atom. The van der Waals surface area contributed by atoms with Gasteiger partial charge in [0.25, 0.3) is 16.8 Å². The molecule has 2 aromatic heterocycles. The number of nitro benzene ring substituents is 1. The normalized spacial score (nSPS) is 12.2. The molecule has 2 N–H and O–H groups in total. The van der Waals surface area contributed by atoms with Crippen LogP contribution in [0.2, 0.25) is 0 Å². The smallest absolute Gasteiger partial charge is 0.286 e. The molecule has 3 aromatic carbocycles. The maximum absolute atomic E-state index is 14.4. The molecule has 0 aliphatic carbocycles. The van der Waals surface area contributed by atoms with E-state index in [0.29, 0.717) is 9.36 Å². The fraction of sp³-hybridized carbons (Fsp3) is 0.111. The number of alkyl halides is 6. The molecule has 0 spiro atoms. The van der Waals surface area contributed by atoms with Crippen molar-refractivity contribution in [1.82, 2.24) is 19.6 Å². The largest absolute Gasteiger partial charge is 0.433 e. The Labute approximate surface area is 238 Å². The van der Waals surface area contributed by atoms with Gasteiger partial charge < -0.3 is 0 Å². The number of aromatic nitrogens is 4. The molecule has 0 saturated heterocycles. The first-order valence-electron chi connectivity index (χ1n) is 12.2. The van der Waals surface area contributed by atoms with Crippen LogP contribution in [0.5, 0.6) is 0 Å². The minimum Gasteiger partial charge on any atom is -0.286 e. The van der Waals surface area contributed by atoms with Crippen LogP contribution in [0.3, 0.4) is 0 Å². The van der Waals surface area contributed by atoms with Crippen molar-refractivity contribution in [3.63, 3.8) is 0 Å². The van der Waals surface area contributed by atoms with Crippen LogP contribution < -0.4 is 11.1 Å². The van der Waals surface area contributed by atoms with Crippen LogP contribution in [0.1, 0.15) is 34.0 Å². The molecule has 0 unspecified atom stereocenters. The van der Waals surface area contributed by atoms with Gasteiger partial charge in [0.1, 0.15) is 23.0 Å². The first-order chi connectivity index (χ1) is 20.6. The maximum Gasteiger partial charge on any atom is 0.433 e. The number of non-ortho nitro benzene ring substituents is 1. The van der Waals surface area contributed by atoms with Crippen LogP contribution in [0.15, 0.2) is 82.4 Å². The number of rotatable bonds is 6. The van der Waals surface area contributed by atoms with Crippen LogP contribution in [0.4, 0.5) is 40.8 Å². The molecule has 0 saturated carbocycles. The number of nitro groups is 1. The average Bonchev–Trinajstić information content (AvgIpc) is 3.48. The van der Waals surface area contributed by atoms with Gasteiger partial charge in [0.05, 0.1) is 27.4 Å². The summed E-state index contributed by atoms with van der Waals surface area (Å²) in [6.07, 6.45) is -10.8. The molecule has 44 heavy (non-hydrogen) atoms. The number of hydrogen-bond donors (Lipinski definition) is 2. The van der Waals surface area contributed by atoms with Crippen molar-refractivity contribution in [3.8, 4) is 11.4 Å². The lowest BCUT2D eigenvalue weighted by Gasteiger charge is -2.18. The quantitative estimate of drug-likeness (QED) is 0.136. The summed E-state index contributed by atoms with van der Waals surface area (Å²) in [5.41, 5.74) is -11.2. The molecule has 228 valence electrons. The Balaban J connectivity index is 1.90. The van der Waals surface area contributed by atoms with Gasteiger partial charge in [-0.25, -0.2) is 18.1 Å². The molecule has 0 aliphatic heterocycles. The van der Waals surface area contributed by atoms with Crippen LogP contribution in [-0.4, -0.2) is 24.5 Å². The second kappa shape index (κ2) is 10.7. The van der Waals surface area contributed by atoms with Gasteiger partial charge in [0, 0.05) is 18.1 Å². The highest BCUT2D eigenvalue weighted by Gasteiger charge is 2.46. The minimum absolute atomic E-state index is 0.314. The molecular weight excluding hydrogens is 610 g/mol. The zero-order chi connectivity index (χ0) is 32.1. The van der Waals surface area contributed by atoms with Crippen molar-refractivity contribution in [2.24, 2.45) is 0 Å². The molecule has 17 heteroatoms. The average molecular weight is 625 g/mol. The third kappa shape index (κ3) is 5.38. The van der Waals surface area contributed by atoms with Gasteiger partial charge in [-0.1, -0.05) is 12.1 Å². The standard InChI is InChI=1S/C27H15F8N5O4/c28-14-3-9-16(10-4-14)38-24(41)20(22(36-38)26(30,31)32)19(13-1-7-18(8-2-13)40(43)44)21-23(27(33,34)35)37-39(25(21)42)17-11-5-15(29)6-12-17/h1-12,19,36-37H. The number of hydrogen-bond acceptors (Lipinski definition) is 4.